The van der Waals surface area contributed by atoms with Crippen LogP contribution in [0.5, 0.6) is 5.75 Å². The van der Waals surface area contributed by atoms with Gasteiger partial charge < -0.3 is 10.1 Å². The molecule has 0 aliphatic heterocycles. The number of hydrogen-bond donors (Lipinski definition) is 1. The number of sulfonamides is 1. The monoisotopic (exact) mass is 480 g/mol. The van der Waals surface area contributed by atoms with Crippen LogP contribution >= 0.6 is 0 Å². The van der Waals surface area contributed by atoms with Gasteiger partial charge in [0.05, 0.1) is 23.7 Å². The van der Waals surface area contributed by atoms with Crippen molar-refractivity contribution < 1.29 is 17.9 Å². The minimum Gasteiger partial charge on any atom is -0.497 e. The Morgan fingerprint density at radius 2 is 1.62 bits per heavy atom. The fourth-order valence-corrected chi connectivity index (χ4v) is 5.01. The van der Waals surface area contributed by atoms with Crippen LogP contribution in [0.4, 0.5) is 5.69 Å². The Morgan fingerprint density at radius 1 is 0.971 bits per heavy atom. The van der Waals surface area contributed by atoms with Gasteiger partial charge in [-0.15, -0.1) is 0 Å². The number of rotatable bonds is 8. The lowest BCUT2D eigenvalue weighted by molar-refractivity contribution is -0.120. The fraction of sp³-hybridized carbons (Fsp3) is 0.296. The molecule has 0 radical (unpaired) electrons. The number of carbonyl (C=O) groups is 1. The van der Waals surface area contributed by atoms with Crippen molar-refractivity contribution in [3.8, 4) is 5.75 Å². The lowest BCUT2D eigenvalue weighted by atomic mass is 9.86. The molecule has 3 aromatic carbocycles. The van der Waals surface area contributed by atoms with Gasteiger partial charge in [-0.2, -0.15) is 0 Å². The van der Waals surface area contributed by atoms with E-state index in [2.05, 4.69) is 38.2 Å². The zero-order valence-corrected chi connectivity index (χ0v) is 21.1. The second kappa shape index (κ2) is 10.3. The molecule has 0 bridgehead atoms. The van der Waals surface area contributed by atoms with Gasteiger partial charge >= 0.3 is 0 Å². The van der Waals surface area contributed by atoms with Gasteiger partial charge in [0.15, 0.2) is 0 Å². The zero-order valence-electron chi connectivity index (χ0n) is 20.3. The van der Waals surface area contributed by atoms with E-state index in [0.717, 1.165) is 9.87 Å². The van der Waals surface area contributed by atoms with Crippen molar-refractivity contribution in [3.63, 3.8) is 0 Å². The van der Waals surface area contributed by atoms with Gasteiger partial charge in [-0.1, -0.05) is 69.3 Å². The maximum absolute atomic E-state index is 13.5. The summed E-state index contributed by atoms with van der Waals surface area (Å²) in [4.78, 5) is 13.1. The molecule has 1 amide bonds. The third kappa shape index (κ3) is 5.97. The smallest absolute Gasteiger partial charge is 0.264 e. The van der Waals surface area contributed by atoms with Crippen LogP contribution in [-0.4, -0.2) is 28.0 Å². The number of ether oxygens (including phenoxy) is 1. The molecular weight excluding hydrogens is 448 g/mol. The fourth-order valence-electron chi connectivity index (χ4n) is 3.57. The van der Waals surface area contributed by atoms with E-state index in [1.807, 2.05) is 19.1 Å². The molecule has 7 heteroatoms. The van der Waals surface area contributed by atoms with Crippen LogP contribution in [0.25, 0.3) is 0 Å². The molecule has 3 rings (SSSR count). The molecule has 0 fully saturated rings. The molecule has 0 aliphatic rings. The van der Waals surface area contributed by atoms with E-state index in [4.69, 9.17) is 4.74 Å². The average Bonchev–Trinajstić information content (AvgIpc) is 2.82. The van der Waals surface area contributed by atoms with Gasteiger partial charge in [0.2, 0.25) is 5.91 Å². The Kier molecular flexibility index (Phi) is 7.67. The molecule has 180 valence electrons. The molecule has 0 saturated heterocycles. The van der Waals surface area contributed by atoms with E-state index in [9.17, 15) is 13.2 Å². The minimum absolute atomic E-state index is 0.0358. The van der Waals surface area contributed by atoms with E-state index in [0.29, 0.717) is 11.4 Å². The predicted octanol–water partition coefficient (Wildman–Crippen LogP) is 5.07. The number of nitrogens with zero attached hydrogens (tertiary/aromatic N) is 1. The highest BCUT2D eigenvalue weighted by Crippen LogP contribution is 2.27. The molecule has 3 aromatic rings. The molecule has 0 aromatic heterocycles. The number of amides is 1. The molecule has 0 unspecified atom stereocenters. The van der Waals surface area contributed by atoms with Gasteiger partial charge in [-0.3, -0.25) is 9.10 Å². The molecule has 0 aliphatic carbocycles. The third-order valence-electron chi connectivity index (χ3n) is 5.61. The van der Waals surface area contributed by atoms with Crippen LogP contribution in [-0.2, 0) is 20.2 Å². The van der Waals surface area contributed by atoms with Crippen molar-refractivity contribution in [2.45, 2.75) is 44.0 Å². The zero-order chi connectivity index (χ0) is 24.9. The highest BCUT2D eigenvalue weighted by Gasteiger charge is 2.28. The summed E-state index contributed by atoms with van der Waals surface area (Å²) in [5, 5.41) is 2.93. The highest BCUT2D eigenvalue weighted by molar-refractivity contribution is 7.92. The molecular formula is C27H32N2O4S. The van der Waals surface area contributed by atoms with Gasteiger partial charge in [-0.25, -0.2) is 8.42 Å². The Bertz CT molecular complexity index is 1220. The number of hydrogen-bond acceptors (Lipinski definition) is 4. The second-order valence-corrected chi connectivity index (χ2v) is 11.0. The number of anilines is 1. The van der Waals surface area contributed by atoms with Crippen LogP contribution in [0.3, 0.4) is 0 Å². The van der Waals surface area contributed by atoms with Gasteiger partial charge in [-0.05, 0) is 47.7 Å². The lowest BCUT2D eigenvalue weighted by Crippen LogP contribution is -2.41. The SMILES string of the molecule is COc1cccc(N(CC(=O)N[C@@H](C)c2ccc(C(C)(C)C)cc2)S(=O)(=O)c2ccccc2)c1. The van der Waals surface area contributed by atoms with E-state index in [-0.39, 0.29) is 22.9 Å². The summed E-state index contributed by atoms with van der Waals surface area (Å²) in [5.74, 6) is 0.0909. The van der Waals surface area contributed by atoms with Gasteiger partial charge in [0, 0.05) is 6.07 Å². The summed E-state index contributed by atoms with van der Waals surface area (Å²) in [5.41, 5.74) is 2.53. The van der Waals surface area contributed by atoms with Crippen LogP contribution < -0.4 is 14.4 Å². The summed E-state index contributed by atoms with van der Waals surface area (Å²) in [6.45, 7) is 7.95. The summed E-state index contributed by atoms with van der Waals surface area (Å²) in [7, 11) is -2.47. The number of carbonyl (C=O) groups excluding carboxylic acids is 1. The Balaban J connectivity index is 1.85. The van der Waals surface area contributed by atoms with E-state index in [1.54, 1.807) is 42.5 Å². The van der Waals surface area contributed by atoms with Crippen molar-refractivity contribution in [2.24, 2.45) is 0 Å². The maximum atomic E-state index is 13.5. The Hall–Kier alpha value is -3.32. The number of methoxy groups -OCH3 is 1. The number of benzene rings is 3. The highest BCUT2D eigenvalue weighted by atomic mass is 32.2. The molecule has 6 nitrogen and oxygen atoms in total. The van der Waals surface area contributed by atoms with Gasteiger partial charge in [0.1, 0.15) is 12.3 Å². The van der Waals surface area contributed by atoms with E-state index in [1.165, 1.54) is 24.8 Å². The average molecular weight is 481 g/mol. The summed E-state index contributed by atoms with van der Waals surface area (Å²) < 4.78 is 33.3. The normalized spacial score (nSPS) is 12.6. The molecule has 1 N–H and O–H groups in total. The van der Waals surface area contributed by atoms with Crippen molar-refractivity contribution in [1.82, 2.24) is 5.32 Å². The van der Waals surface area contributed by atoms with E-state index >= 15 is 0 Å². The minimum atomic E-state index is -3.98. The Labute approximate surface area is 202 Å². The first-order valence-electron chi connectivity index (χ1n) is 11.1. The van der Waals surface area contributed by atoms with Crippen molar-refractivity contribution in [3.05, 3.63) is 90.0 Å². The largest absolute Gasteiger partial charge is 0.497 e. The third-order valence-corrected chi connectivity index (χ3v) is 7.40. The first kappa shape index (κ1) is 25.3. The quantitative estimate of drug-likeness (QED) is 0.489. The summed E-state index contributed by atoms with van der Waals surface area (Å²) >= 11 is 0. The molecule has 0 spiro atoms. The second-order valence-electron chi connectivity index (χ2n) is 9.19. The van der Waals surface area contributed by atoms with Crippen LogP contribution in [0.2, 0.25) is 0 Å². The first-order chi connectivity index (χ1) is 16.0. The molecule has 34 heavy (non-hydrogen) atoms. The van der Waals surface area contributed by atoms with Gasteiger partial charge in [0.25, 0.3) is 10.0 Å². The number of nitrogens with one attached hydrogen (secondary N) is 1. The standard InChI is InChI=1S/C27H32N2O4S/c1-20(21-14-16-22(17-15-21)27(2,3)4)28-26(30)19-29(23-10-9-11-24(18-23)33-5)34(31,32)25-12-7-6-8-13-25/h6-18,20H,19H2,1-5H3,(H,28,30)/t20-/m0/s1. The summed E-state index contributed by atoms with van der Waals surface area (Å²) in [6, 6.07) is 22.5. The molecule has 0 heterocycles. The predicted molar refractivity (Wildman–Crippen MR) is 136 cm³/mol. The first-order valence-corrected chi connectivity index (χ1v) is 12.6. The Morgan fingerprint density at radius 3 is 2.21 bits per heavy atom. The summed E-state index contributed by atoms with van der Waals surface area (Å²) in [6.07, 6.45) is 0. The van der Waals surface area contributed by atoms with E-state index < -0.39 is 15.9 Å². The molecule has 0 saturated carbocycles. The van der Waals surface area contributed by atoms with Crippen molar-refractivity contribution >= 4 is 21.6 Å². The van der Waals surface area contributed by atoms with Crippen LogP contribution in [0.1, 0.15) is 44.9 Å². The maximum Gasteiger partial charge on any atom is 0.264 e. The lowest BCUT2D eigenvalue weighted by Gasteiger charge is -2.25. The van der Waals surface area contributed by atoms with Crippen LogP contribution in [0, 0.1) is 0 Å². The van der Waals surface area contributed by atoms with Crippen molar-refractivity contribution in [2.75, 3.05) is 18.0 Å². The topological polar surface area (TPSA) is 75.7 Å². The van der Waals surface area contributed by atoms with Crippen LogP contribution in [0.15, 0.2) is 83.8 Å². The van der Waals surface area contributed by atoms with Crippen molar-refractivity contribution in [1.29, 1.82) is 0 Å². The molecule has 1 atom stereocenters.